The van der Waals surface area contributed by atoms with Crippen LogP contribution in [0.25, 0.3) is 0 Å². The summed E-state index contributed by atoms with van der Waals surface area (Å²) in [5.74, 6) is 0. The molecule has 0 saturated carbocycles. The van der Waals surface area contributed by atoms with Gasteiger partial charge in [-0.1, -0.05) is 23.2 Å². The molecule has 4 nitrogen and oxygen atoms in total. The molecule has 0 spiro atoms. The van der Waals surface area contributed by atoms with Crippen molar-refractivity contribution in [3.8, 4) is 0 Å². The minimum atomic E-state index is -3.57. The largest absolute Gasteiger partial charge is 0.313 e. The van der Waals surface area contributed by atoms with Gasteiger partial charge in [-0.25, -0.2) is 13.1 Å². The first-order chi connectivity index (χ1) is 8.90. The van der Waals surface area contributed by atoms with Crippen molar-refractivity contribution in [1.29, 1.82) is 0 Å². The second-order valence-electron chi connectivity index (χ2n) is 4.69. The molecule has 1 heterocycles. The number of nitrogens with one attached hydrogen (secondary N) is 2. The molecule has 1 saturated heterocycles. The van der Waals surface area contributed by atoms with Crippen molar-refractivity contribution in [3.05, 3.63) is 28.2 Å². The number of halogens is 3. The highest BCUT2D eigenvalue weighted by molar-refractivity contribution is 7.89. The van der Waals surface area contributed by atoms with Crippen LogP contribution in [0.3, 0.4) is 0 Å². The van der Waals surface area contributed by atoms with Crippen molar-refractivity contribution < 1.29 is 8.42 Å². The van der Waals surface area contributed by atoms with Crippen molar-refractivity contribution in [2.45, 2.75) is 36.7 Å². The lowest BCUT2D eigenvalue weighted by atomic mass is 10.0. The number of rotatable bonds is 3. The lowest BCUT2D eigenvalue weighted by molar-refractivity contribution is 0.349. The topological polar surface area (TPSA) is 58.2 Å². The van der Waals surface area contributed by atoms with E-state index in [-0.39, 0.29) is 34.4 Å². The summed E-state index contributed by atoms with van der Waals surface area (Å²) < 4.78 is 27.3. The molecule has 0 aliphatic carbocycles. The molecule has 2 unspecified atom stereocenters. The molecule has 1 aromatic rings. The Balaban J connectivity index is 0.00000200. The summed E-state index contributed by atoms with van der Waals surface area (Å²) in [5, 5.41) is 3.83. The van der Waals surface area contributed by atoms with Crippen LogP contribution in [0.4, 0.5) is 0 Å². The third-order valence-corrected chi connectivity index (χ3v) is 5.50. The van der Waals surface area contributed by atoms with Gasteiger partial charge >= 0.3 is 0 Å². The van der Waals surface area contributed by atoms with Crippen molar-refractivity contribution in [2.75, 3.05) is 6.54 Å². The van der Waals surface area contributed by atoms with Gasteiger partial charge < -0.3 is 5.32 Å². The van der Waals surface area contributed by atoms with Gasteiger partial charge in [0.25, 0.3) is 0 Å². The molecule has 1 aliphatic rings. The van der Waals surface area contributed by atoms with Gasteiger partial charge in [-0.15, -0.1) is 12.4 Å². The third kappa shape index (κ3) is 4.23. The second-order valence-corrected chi connectivity index (χ2v) is 7.22. The first kappa shape index (κ1) is 18.0. The molecule has 0 bridgehead atoms. The Kier molecular flexibility index (Phi) is 6.57. The van der Waals surface area contributed by atoms with E-state index in [4.69, 9.17) is 23.2 Å². The lowest BCUT2D eigenvalue weighted by Crippen LogP contribution is -2.51. The number of hydrogen-bond acceptors (Lipinski definition) is 3. The maximum absolute atomic E-state index is 12.3. The minimum absolute atomic E-state index is 0. The van der Waals surface area contributed by atoms with E-state index in [0.29, 0.717) is 5.02 Å². The molecule has 1 aromatic carbocycles. The van der Waals surface area contributed by atoms with E-state index in [2.05, 4.69) is 10.0 Å². The van der Waals surface area contributed by atoms with Gasteiger partial charge in [0.05, 0.1) is 14.9 Å². The van der Waals surface area contributed by atoms with E-state index in [1.54, 1.807) is 0 Å². The highest BCUT2D eigenvalue weighted by atomic mass is 35.5. The summed E-state index contributed by atoms with van der Waals surface area (Å²) in [6, 6.07) is 4.32. The first-order valence-corrected chi connectivity index (χ1v) is 8.35. The summed E-state index contributed by atoms with van der Waals surface area (Å²) in [6.07, 6.45) is 1.79. The number of benzene rings is 1. The standard InChI is InChI=1S/C12H16Cl2N2O2S.ClH/c1-8-12(3-2-6-15-8)16-19(17,18)9-4-5-10(13)11(14)7-9;/h4-5,7-8,12,15-16H,2-3,6H2,1H3;1H. The number of hydrogen-bond donors (Lipinski definition) is 2. The molecule has 8 heteroatoms. The lowest BCUT2D eigenvalue weighted by Gasteiger charge is -2.30. The maximum Gasteiger partial charge on any atom is 0.240 e. The third-order valence-electron chi connectivity index (χ3n) is 3.27. The van der Waals surface area contributed by atoms with Crippen molar-refractivity contribution >= 4 is 45.6 Å². The molecule has 2 atom stereocenters. The van der Waals surface area contributed by atoms with Crippen LogP contribution in [0.2, 0.25) is 10.0 Å². The van der Waals surface area contributed by atoms with E-state index in [9.17, 15) is 8.42 Å². The van der Waals surface area contributed by atoms with Crippen LogP contribution < -0.4 is 10.0 Å². The number of sulfonamides is 1. The van der Waals surface area contributed by atoms with E-state index < -0.39 is 10.0 Å². The van der Waals surface area contributed by atoms with Crippen molar-refractivity contribution in [1.82, 2.24) is 10.0 Å². The van der Waals surface area contributed by atoms with Crippen LogP contribution in [0.1, 0.15) is 19.8 Å². The smallest absolute Gasteiger partial charge is 0.240 e. The van der Waals surface area contributed by atoms with E-state index >= 15 is 0 Å². The van der Waals surface area contributed by atoms with Gasteiger partial charge in [0.1, 0.15) is 0 Å². The van der Waals surface area contributed by atoms with Gasteiger partial charge in [0, 0.05) is 12.1 Å². The molecule has 1 fully saturated rings. The SMILES string of the molecule is CC1NCCCC1NS(=O)(=O)c1ccc(Cl)c(Cl)c1.Cl. The van der Waals surface area contributed by atoms with Crippen LogP contribution in [-0.2, 0) is 10.0 Å². The molecule has 1 aliphatic heterocycles. The molecular weight excluding hydrogens is 343 g/mol. The van der Waals surface area contributed by atoms with Gasteiger partial charge in [-0.3, -0.25) is 0 Å². The Morgan fingerprint density at radius 2 is 2.00 bits per heavy atom. The average Bonchev–Trinajstić information content (AvgIpc) is 2.35. The van der Waals surface area contributed by atoms with Crippen LogP contribution in [0, 0.1) is 0 Å². The predicted octanol–water partition coefficient (Wildman–Crippen LogP) is 2.83. The van der Waals surface area contributed by atoms with E-state index in [0.717, 1.165) is 19.4 Å². The number of piperidine rings is 1. The Labute approximate surface area is 135 Å². The quantitative estimate of drug-likeness (QED) is 0.872. The van der Waals surface area contributed by atoms with Crippen molar-refractivity contribution in [3.63, 3.8) is 0 Å². The minimum Gasteiger partial charge on any atom is -0.313 e. The average molecular weight is 360 g/mol. The fourth-order valence-electron chi connectivity index (χ4n) is 2.12. The summed E-state index contributed by atoms with van der Waals surface area (Å²) in [6.45, 7) is 2.90. The molecule has 0 amide bonds. The Morgan fingerprint density at radius 3 is 2.60 bits per heavy atom. The van der Waals surface area contributed by atoms with E-state index in [1.807, 2.05) is 6.92 Å². The van der Waals surface area contributed by atoms with Gasteiger partial charge in [-0.05, 0) is 44.5 Å². The maximum atomic E-state index is 12.3. The Bertz CT molecular complexity index is 566. The van der Waals surface area contributed by atoms with Gasteiger partial charge in [0.2, 0.25) is 10.0 Å². The molecule has 20 heavy (non-hydrogen) atoms. The normalized spacial score (nSPS) is 23.1. The fourth-order valence-corrected chi connectivity index (χ4v) is 3.86. The fraction of sp³-hybridized carbons (Fsp3) is 0.500. The molecule has 2 rings (SSSR count). The predicted molar refractivity (Wildman–Crippen MR) is 84.5 cm³/mol. The highest BCUT2D eigenvalue weighted by Gasteiger charge is 2.26. The van der Waals surface area contributed by atoms with Crippen LogP contribution in [0.5, 0.6) is 0 Å². The monoisotopic (exact) mass is 358 g/mol. The van der Waals surface area contributed by atoms with Gasteiger partial charge in [-0.2, -0.15) is 0 Å². The second kappa shape index (κ2) is 7.29. The first-order valence-electron chi connectivity index (χ1n) is 6.11. The van der Waals surface area contributed by atoms with Gasteiger partial charge in [0.15, 0.2) is 0 Å². The van der Waals surface area contributed by atoms with Crippen LogP contribution in [0.15, 0.2) is 23.1 Å². The van der Waals surface area contributed by atoms with E-state index in [1.165, 1.54) is 18.2 Å². The summed E-state index contributed by atoms with van der Waals surface area (Å²) in [5.41, 5.74) is 0. The zero-order chi connectivity index (χ0) is 14.0. The summed E-state index contributed by atoms with van der Waals surface area (Å²) in [4.78, 5) is 0.139. The van der Waals surface area contributed by atoms with Crippen LogP contribution in [-0.4, -0.2) is 27.0 Å². The molecule has 2 N–H and O–H groups in total. The van der Waals surface area contributed by atoms with Crippen molar-refractivity contribution in [2.24, 2.45) is 0 Å². The van der Waals surface area contributed by atoms with Crippen LogP contribution >= 0.6 is 35.6 Å². The Hall–Kier alpha value is -0.0400. The summed E-state index contributed by atoms with van der Waals surface area (Å²) in [7, 11) is -3.57. The summed E-state index contributed by atoms with van der Waals surface area (Å²) >= 11 is 11.6. The zero-order valence-electron chi connectivity index (χ0n) is 10.9. The molecular formula is C12H17Cl3N2O2S. The molecule has 0 aromatic heterocycles. The Morgan fingerprint density at radius 1 is 1.30 bits per heavy atom. The highest BCUT2D eigenvalue weighted by Crippen LogP contribution is 2.25. The molecule has 114 valence electrons. The zero-order valence-corrected chi connectivity index (χ0v) is 14.0. The molecule has 0 radical (unpaired) electrons.